The van der Waals surface area contributed by atoms with Crippen LogP contribution in [-0.4, -0.2) is 30.7 Å². The number of hydrogen-bond donors (Lipinski definition) is 1. The highest BCUT2D eigenvalue weighted by atomic mass is 35.5. The van der Waals surface area contributed by atoms with E-state index >= 15 is 0 Å². The van der Waals surface area contributed by atoms with E-state index in [1.54, 1.807) is 48.5 Å². The van der Waals surface area contributed by atoms with E-state index in [-0.39, 0.29) is 18.1 Å². The van der Waals surface area contributed by atoms with Gasteiger partial charge in [0.05, 0.1) is 22.9 Å². The van der Waals surface area contributed by atoms with Gasteiger partial charge in [0.25, 0.3) is 5.91 Å². The summed E-state index contributed by atoms with van der Waals surface area (Å²) in [6.07, 6.45) is 0. The molecule has 1 aromatic heterocycles. The van der Waals surface area contributed by atoms with Gasteiger partial charge < -0.3 is 10.1 Å². The number of fused-ring (bicyclic) bond motifs is 1. The van der Waals surface area contributed by atoms with Crippen LogP contribution in [0.1, 0.15) is 11.3 Å². The van der Waals surface area contributed by atoms with Crippen molar-refractivity contribution in [1.29, 1.82) is 0 Å². The Balaban J connectivity index is 1.59. The maximum absolute atomic E-state index is 12.5. The zero-order chi connectivity index (χ0) is 20.6. The maximum atomic E-state index is 12.5. The molecule has 1 aliphatic heterocycles. The molecule has 0 saturated heterocycles. The van der Waals surface area contributed by atoms with Gasteiger partial charge in [-0.1, -0.05) is 23.2 Å². The molecular weight excluding hydrogens is 437 g/mol. The van der Waals surface area contributed by atoms with Gasteiger partial charge in [0.2, 0.25) is 0 Å². The van der Waals surface area contributed by atoms with Crippen molar-refractivity contribution in [1.82, 2.24) is 9.78 Å². The molecule has 0 fully saturated rings. The first-order valence-electron chi connectivity index (χ1n) is 8.56. The van der Waals surface area contributed by atoms with E-state index in [4.69, 9.17) is 27.9 Å². The summed E-state index contributed by atoms with van der Waals surface area (Å²) in [5, 5.41) is 8.24. The molecule has 0 unspecified atom stereocenters. The molecule has 1 N–H and O–H groups in total. The number of hydrogen-bond acceptors (Lipinski definition) is 5. The maximum Gasteiger partial charge on any atom is 0.263 e. The fourth-order valence-corrected chi connectivity index (χ4v) is 4.73. The molecule has 150 valence electrons. The number of anilines is 1. The highest BCUT2D eigenvalue weighted by molar-refractivity contribution is 7.90. The molecule has 4 rings (SSSR count). The minimum Gasteiger partial charge on any atom is -0.484 e. The van der Waals surface area contributed by atoms with Crippen molar-refractivity contribution in [3.63, 3.8) is 0 Å². The molecule has 7 nitrogen and oxygen atoms in total. The summed E-state index contributed by atoms with van der Waals surface area (Å²) in [7, 11) is -3.28. The van der Waals surface area contributed by atoms with E-state index in [1.165, 1.54) is 4.68 Å². The molecule has 2 aromatic carbocycles. The van der Waals surface area contributed by atoms with Gasteiger partial charge in [-0.05, 0) is 48.5 Å². The predicted octanol–water partition coefficient (Wildman–Crippen LogP) is 3.63. The van der Waals surface area contributed by atoms with Crippen LogP contribution in [0.25, 0.3) is 5.69 Å². The molecule has 3 aromatic rings. The summed E-state index contributed by atoms with van der Waals surface area (Å²) in [5.74, 6) is 0.0234. The van der Waals surface area contributed by atoms with Gasteiger partial charge in [0.1, 0.15) is 11.6 Å². The Kier molecular flexibility index (Phi) is 5.24. The summed E-state index contributed by atoms with van der Waals surface area (Å²) >= 11 is 11.8. The lowest BCUT2D eigenvalue weighted by molar-refractivity contribution is -0.118. The van der Waals surface area contributed by atoms with Crippen molar-refractivity contribution in [2.75, 3.05) is 11.9 Å². The van der Waals surface area contributed by atoms with Crippen molar-refractivity contribution in [2.24, 2.45) is 0 Å². The normalized spacial score (nSPS) is 14.4. The highest BCUT2D eigenvalue weighted by Gasteiger charge is 2.33. The predicted molar refractivity (Wildman–Crippen MR) is 110 cm³/mol. The summed E-state index contributed by atoms with van der Waals surface area (Å²) in [5.41, 5.74) is 1.56. The monoisotopic (exact) mass is 451 g/mol. The molecular formula is C19H15Cl2N3O4S. The van der Waals surface area contributed by atoms with E-state index in [9.17, 15) is 13.2 Å². The van der Waals surface area contributed by atoms with Crippen molar-refractivity contribution in [3.8, 4) is 11.4 Å². The summed E-state index contributed by atoms with van der Waals surface area (Å²) < 4.78 is 31.0. The lowest BCUT2D eigenvalue weighted by Crippen LogP contribution is -2.22. The first-order chi connectivity index (χ1) is 13.8. The molecule has 0 saturated carbocycles. The quantitative estimate of drug-likeness (QED) is 0.639. The average molecular weight is 452 g/mol. The van der Waals surface area contributed by atoms with E-state index in [0.717, 1.165) is 0 Å². The van der Waals surface area contributed by atoms with E-state index in [0.29, 0.717) is 38.6 Å². The number of halogens is 2. The Hall–Kier alpha value is -2.55. The van der Waals surface area contributed by atoms with E-state index in [2.05, 4.69) is 10.4 Å². The Morgan fingerprint density at radius 1 is 1.03 bits per heavy atom. The third-order valence-electron chi connectivity index (χ3n) is 4.30. The van der Waals surface area contributed by atoms with Crippen LogP contribution < -0.4 is 10.1 Å². The third-order valence-corrected chi connectivity index (χ3v) is 6.25. The molecule has 0 bridgehead atoms. The summed E-state index contributed by atoms with van der Waals surface area (Å²) in [4.78, 5) is 12.5. The number of carbonyl (C=O) groups excluding carboxylic acids is 1. The van der Waals surface area contributed by atoms with Crippen molar-refractivity contribution in [3.05, 3.63) is 69.8 Å². The molecule has 10 heteroatoms. The van der Waals surface area contributed by atoms with Crippen LogP contribution >= 0.6 is 23.2 Å². The van der Waals surface area contributed by atoms with Gasteiger partial charge in [-0.15, -0.1) is 0 Å². The van der Waals surface area contributed by atoms with E-state index < -0.39 is 15.7 Å². The van der Waals surface area contributed by atoms with Crippen LogP contribution in [0.4, 0.5) is 5.82 Å². The Bertz CT molecular complexity index is 1170. The SMILES string of the molecule is O=C(COc1ccc(Cl)cc1)Nc1c2c(nn1-c1ccc(Cl)cc1)CS(=O)(=O)C2. The zero-order valence-electron chi connectivity index (χ0n) is 14.9. The van der Waals surface area contributed by atoms with Gasteiger partial charge >= 0.3 is 0 Å². The Morgan fingerprint density at radius 2 is 1.66 bits per heavy atom. The number of carbonyl (C=O) groups is 1. The van der Waals surface area contributed by atoms with Gasteiger partial charge in [0.15, 0.2) is 16.4 Å². The van der Waals surface area contributed by atoms with Gasteiger partial charge in [-0.25, -0.2) is 13.1 Å². The van der Waals surface area contributed by atoms with Crippen LogP contribution in [-0.2, 0) is 26.1 Å². The molecule has 0 aliphatic carbocycles. The lowest BCUT2D eigenvalue weighted by Gasteiger charge is -2.12. The fourth-order valence-electron chi connectivity index (χ4n) is 2.99. The number of rotatable bonds is 5. The summed E-state index contributed by atoms with van der Waals surface area (Å²) in [6, 6.07) is 13.5. The molecule has 1 aliphatic rings. The third kappa shape index (κ3) is 4.39. The van der Waals surface area contributed by atoms with Crippen LogP contribution in [0.5, 0.6) is 5.75 Å². The highest BCUT2D eigenvalue weighted by Crippen LogP contribution is 2.33. The van der Waals surface area contributed by atoms with E-state index in [1.807, 2.05) is 0 Å². The van der Waals surface area contributed by atoms with Crippen LogP contribution in [0.2, 0.25) is 10.0 Å². The Labute approximate surface area is 177 Å². The number of sulfone groups is 1. The summed E-state index contributed by atoms with van der Waals surface area (Å²) in [6.45, 7) is -0.255. The molecule has 0 spiro atoms. The molecule has 1 amide bonds. The second-order valence-electron chi connectivity index (χ2n) is 6.49. The van der Waals surface area contributed by atoms with Gasteiger partial charge in [0, 0.05) is 15.6 Å². The lowest BCUT2D eigenvalue weighted by atomic mass is 10.2. The first-order valence-corrected chi connectivity index (χ1v) is 11.1. The topological polar surface area (TPSA) is 90.3 Å². The number of aromatic nitrogens is 2. The van der Waals surface area contributed by atoms with Crippen LogP contribution in [0.3, 0.4) is 0 Å². The van der Waals surface area contributed by atoms with Crippen molar-refractivity contribution >= 4 is 44.8 Å². The van der Waals surface area contributed by atoms with Gasteiger partial charge in [-0.2, -0.15) is 5.10 Å². The second kappa shape index (κ2) is 7.70. The van der Waals surface area contributed by atoms with Gasteiger partial charge in [-0.3, -0.25) is 4.79 Å². The number of nitrogens with zero attached hydrogens (tertiary/aromatic N) is 2. The smallest absolute Gasteiger partial charge is 0.263 e. The number of amides is 1. The molecule has 2 heterocycles. The molecule has 29 heavy (non-hydrogen) atoms. The number of benzene rings is 2. The largest absolute Gasteiger partial charge is 0.484 e. The fraction of sp³-hybridized carbons (Fsp3) is 0.158. The standard InChI is InChI=1S/C19H15Cl2N3O4S/c20-12-1-5-14(6-2-12)24-19(16-10-29(26,27)11-17(16)23-24)22-18(25)9-28-15-7-3-13(21)4-8-15/h1-8H,9-11H2,(H,22,25). The van der Waals surface area contributed by atoms with Crippen LogP contribution in [0.15, 0.2) is 48.5 Å². The van der Waals surface area contributed by atoms with Crippen molar-refractivity contribution < 1.29 is 17.9 Å². The molecule has 0 atom stereocenters. The minimum absolute atomic E-state index is 0.160. The molecule has 0 radical (unpaired) electrons. The Morgan fingerprint density at radius 3 is 2.31 bits per heavy atom. The number of nitrogens with one attached hydrogen (secondary N) is 1. The van der Waals surface area contributed by atoms with Crippen molar-refractivity contribution in [2.45, 2.75) is 11.5 Å². The van der Waals surface area contributed by atoms with Crippen LogP contribution in [0, 0.1) is 0 Å². The first kappa shape index (κ1) is 19.8. The average Bonchev–Trinajstić information content (AvgIpc) is 3.14. The second-order valence-corrected chi connectivity index (χ2v) is 9.42. The minimum atomic E-state index is -3.28. The number of ether oxygens (including phenoxy) is 1. The zero-order valence-corrected chi connectivity index (χ0v) is 17.3.